The van der Waals surface area contributed by atoms with Gasteiger partial charge >= 0.3 is 0 Å². The zero-order valence-corrected chi connectivity index (χ0v) is 59.9. The first-order valence-electron chi connectivity index (χ1n) is 36.2. The molecule has 7 heterocycles. The average Bonchev–Trinajstić information content (AvgIpc) is 0.806. The molecule has 0 radical (unpaired) electrons. The highest BCUT2D eigenvalue weighted by molar-refractivity contribution is 6.10. The second-order valence-electron chi connectivity index (χ2n) is 26.4. The van der Waals surface area contributed by atoms with Crippen LogP contribution in [-0.2, 0) is 0 Å². The summed E-state index contributed by atoms with van der Waals surface area (Å²) in [4.78, 5) is 43.1. The number of aryl methyl sites for hydroxylation is 1. The zero-order valence-electron chi connectivity index (χ0n) is 59.9. The molecule has 17 rings (SSSR count). The first-order valence-corrected chi connectivity index (χ1v) is 36.2. The summed E-state index contributed by atoms with van der Waals surface area (Å²) in [5, 5.41) is 8.89. The van der Waals surface area contributed by atoms with E-state index in [1.165, 1.54) is 12.3 Å². The molecule has 10 aromatic carbocycles. The minimum absolute atomic E-state index is 0.333. The molecule has 0 fully saturated rings. The Morgan fingerprint density at radius 3 is 1.00 bits per heavy atom. The normalized spacial score (nSPS) is 11.2. The number of pyridine rings is 5. The van der Waals surface area contributed by atoms with Crippen LogP contribution < -0.4 is 0 Å². The Hall–Kier alpha value is -14.8. The van der Waals surface area contributed by atoms with Crippen molar-refractivity contribution >= 4 is 17.4 Å². The van der Waals surface area contributed by atoms with Gasteiger partial charge < -0.3 is 0 Å². The smallest absolute Gasteiger partial charge is 0.160 e. The van der Waals surface area contributed by atoms with Gasteiger partial charge in [0.25, 0.3) is 0 Å². The molecule has 0 saturated heterocycles. The third-order valence-electron chi connectivity index (χ3n) is 18.9. The molecule has 0 atom stereocenters. The van der Waals surface area contributed by atoms with Gasteiger partial charge in [-0.05, 0) is 135 Å². The summed E-state index contributed by atoms with van der Waals surface area (Å²) < 4.78 is 13.7. The number of allylic oxidation sites excluding steroid dienone is 3. The third kappa shape index (κ3) is 16.6. The topological polar surface area (TPSA) is 140 Å². The molecule has 0 aliphatic heterocycles. The van der Waals surface area contributed by atoms with E-state index in [4.69, 9.17) is 35.3 Å². The van der Waals surface area contributed by atoms with Crippen LogP contribution in [0.25, 0.3) is 158 Å². The molecule has 0 aliphatic rings. The number of halogens is 1. The van der Waals surface area contributed by atoms with Crippen molar-refractivity contribution < 1.29 is 4.39 Å². The highest BCUT2D eigenvalue weighted by Crippen LogP contribution is 2.36. The maximum absolute atomic E-state index is 13.7. The average molecular weight is 1420 g/mol. The van der Waals surface area contributed by atoms with E-state index in [0.29, 0.717) is 40.1 Å². The van der Waals surface area contributed by atoms with Gasteiger partial charge in [0.2, 0.25) is 0 Å². The van der Waals surface area contributed by atoms with Crippen LogP contribution in [0, 0.1) is 18.2 Å². The fourth-order valence-corrected chi connectivity index (χ4v) is 12.9. The predicted molar refractivity (Wildman–Crippen MR) is 445 cm³/mol. The van der Waals surface area contributed by atoms with E-state index in [2.05, 4.69) is 191 Å². The van der Waals surface area contributed by atoms with E-state index in [-0.39, 0.29) is 5.82 Å². The number of aromatic nitrogens is 9. The minimum atomic E-state index is -0.389. The van der Waals surface area contributed by atoms with Crippen LogP contribution in [0.5, 0.6) is 0 Å². The summed E-state index contributed by atoms with van der Waals surface area (Å²) in [7, 11) is 0. The van der Waals surface area contributed by atoms with E-state index in [9.17, 15) is 4.39 Å². The maximum atomic E-state index is 13.7. The second kappa shape index (κ2) is 32.7. The molecule has 7 aromatic heterocycles. The second-order valence-corrected chi connectivity index (χ2v) is 26.4. The summed E-state index contributed by atoms with van der Waals surface area (Å²) >= 11 is 0. The molecular weight excluding hydrogens is 1350 g/mol. The zero-order chi connectivity index (χ0) is 74.4. The Morgan fingerprint density at radius 2 is 0.627 bits per heavy atom. The largest absolute Gasteiger partial charge is 0.299 e. The lowest BCUT2D eigenvalue weighted by Crippen LogP contribution is -1.99. The number of nitrogens with one attached hydrogen (secondary N) is 1. The van der Waals surface area contributed by atoms with Crippen molar-refractivity contribution in [2.75, 3.05) is 0 Å². The van der Waals surface area contributed by atoms with Crippen molar-refractivity contribution in [3.63, 3.8) is 0 Å². The maximum Gasteiger partial charge on any atom is 0.160 e. The molecule has 110 heavy (non-hydrogen) atoms. The molecule has 0 aliphatic carbocycles. The molecule has 11 heteroatoms. The van der Waals surface area contributed by atoms with Gasteiger partial charge in [0.1, 0.15) is 5.82 Å². The van der Waals surface area contributed by atoms with Gasteiger partial charge in [0, 0.05) is 63.1 Å². The van der Waals surface area contributed by atoms with Gasteiger partial charge in [0.15, 0.2) is 11.6 Å². The van der Waals surface area contributed by atoms with E-state index >= 15 is 0 Å². The van der Waals surface area contributed by atoms with E-state index in [1.807, 2.05) is 208 Å². The summed E-state index contributed by atoms with van der Waals surface area (Å²) in [6, 6.07) is 118. The van der Waals surface area contributed by atoms with Crippen LogP contribution in [-0.4, -0.2) is 50.6 Å². The first kappa shape index (κ1) is 69.6. The Balaban J connectivity index is 0.000000167. The molecule has 0 bridgehead atoms. The van der Waals surface area contributed by atoms with Crippen molar-refractivity contribution in [3.05, 3.63) is 417 Å². The Bertz CT molecular complexity index is 5940. The standard InChI is InChI=1S/C50H37N5.C49H32FN5/c1-35-17-28-45(52-33-35)29-26-43(36-11-5-2-6-12-36)31-46(51)47-30-27-44(34-53-47)39-20-18-37(19-21-39)38-22-24-42(25-23-38)50-54-48(40-13-7-3-8-14-40)32-49(55-50)41-15-9-4-10-16-41;50-42-25-27-44(52-32-42)48-29-41(33-10-4-1-5-11-33)28-47(53-48)43-26-24-40(31-51-43)36-18-16-34(17-19-36)35-20-22-39(23-21-35)49-54-45(37-12-6-2-7-13-37)30-46(55-49)38-14-8-3-9-15-38/h2-34,51H,1H3;1-32H/b29-26+,43-31+,51-46?;. The van der Waals surface area contributed by atoms with E-state index in [0.717, 1.165) is 140 Å². The lowest BCUT2D eigenvalue weighted by Gasteiger charge is -2.11. The summed E-state index contributed by atoms with van der Waals surface area (Å²) in [5.41, 5.74) is 27.7. The van der Waals surface area contributed by atoms with Gasteiger partial charge in [-0.15, -0.1) is 0 Å². The van der Waals surface area contributed by atoms with Crippen LogP contribution in [0.4, 0.5) is 4.39 Å². The van der Waals surface area contributed by atoms with Crippen molar-refractivity contribution in [2.45, 2.75) is 6.92 Å². The lowest BCUT2D eigenvalue weighted by atomic mass is 9.99. The van der Waals surface area contributed by atoms with Crippen molar-refractivity contribution in [3.8, 4) is 146 Å². The molecule has 0 unspecified atom stereocenters. The van der Waals surface area contributed by atoms with Crippen LogP contribution in [0.2, 0.25) is 0 Å². The molecule has 1 N–H and O–H groups in total. The number of hydrogen-bond acceptors (Lipinski definition) is 10. The monoisotopic (exact) mass is 1420 g/mol. The molecule has 10 nitrogen and oxygen atoms in total. The fraction of sp³-hybridized carbons (Fsp3) is 0.0101. The van der Waals surface area contributed by atoms with E-state index in [1.54, 1.807) is 6.07 Å². The first-order chi connectivity index (χ1) is 54.2. The predicted octanol–water partition coefficient (Wildman–Crippen LogP) is 24.2. The molecular formula is C99H69FN10. The fourth-order valence-electron chi connectivity index (χ4n) is 12.9. The third-order valence-corrected chi connectivity index (χ3v) is 18.9. The Morgan fingerprint density at radius 1 is 0.273 bits per heavy atom. The molecule has 0 spiro atoms. The number of nitrogens with zero attached hydrogens (tertiary/aromatic N) is 9. The molecule has 522 valence electrons. The van der Waals surface area contributed by atoms with Gasteiger partial charge in [-0.3, -0.25) is 25.3 Å². The SMILES string of the molecule is Cc1ccc(/C=C/C(=C\C(=N)c2ccc(-c3ccc(-c4ccc(-c5nc(-c6ccccc6)cc(-c6ccccc6)n5)cc4)cc3)cn2)c2ccccc2)nc1.Fc1ccc(-c2cc(-c3ccccc3)cc(-c3ccc(-c4ccc(-c5ccc(-c6nc(-c7ccccc7)cc(-c7ccccc7)n6)cc5)cc4)cn3)n2)nc1. The van der Waals surface area contributed by atoms with Crippen molar-refractivity contribution in [1.29, 1.82) is 5.41 Å². The minimum Gasteiger partial charge on any atom is -0.299 e. The highest BCUT2D eigenvalue weighted by Gasteiger charge is 2.17. The van der Waals surface area contributed by atoms with E-state index < -0.39 is 0 Å². The van der Waals surface area contributed by atoms with Gasteiger partial charge in [0.05, 0.1) is 68.8 Å². The quantitative estimate of drug-likeness (QED) is 0.0657. The van der Waals surface area contributed by atoms with Crippen LogP contribution >= 0.6 is 0 Å². The lowest BCUT2D eigenvalue weighted by molar-refractivity contribution is 0.622. The van der Waals surface area contributed by atoms with Gasteiger partial charge in [-0.2, -0.15) is 0 Å². The van der Waals surface area contributed by atoms with Crippen molar-refractivity contribution in [1.82, 2.24) is 44.9 Å². The van der Waals surface area contributed by atoms with Crippen LogP contribution in [0.3, 0.4) is 0 Å². The highest BCUT2D eigenvalue weighted by atomic mass is 19.1. The van der Waals surface area contributed by atoms with Crippen LogP contribution in [0.1, 0.15) is 22.5 Å². The summed E-state index contributed by atoms with van der Waals surface area (Å²) in [5.74, 6) is 0.984. The molecule has 17 aromatic rings. The summed E-state index contributed by atoms with van der Waals surface area (Å²) in [6.07, 6.45) is 12.6. The van der Waals surface area contributed by atoms with Gasteiger partial charge in [-0.25, -0.2) is 29.3 Å². The number of rotatable bonds is 18. The Labute approximate surface area is 638 Å². The number of benzene rings is 10. The Kier molecular flexibility index (Phi) is 20.7. The summed E-state index contributed by atoms with van der Waals surface area (Å²) in [6.45, 7) is 2.02. The molecule has 0 saturated carbocycles. The molecule has 0 amide bonds. The van der Waals surface area contributed by atoms with Gasteiger partial charge in [-0.1, -0.05) is 303 Å². The number of hydrogen-bond donors (Lipinski definition) is 1. The van der Waals surface area contributed by atoms with Crippen molar-refractivity contribution in [2.24, 2.45) is 0 Å². The van der Waals surface area contributed by atoms with Crippen LogP contribution in [0.15, 0.2) is 389 Å².